The van der Waals surface area contributed by atoms with Crippen LogP contribution in [0.2, 0.25) is 0 Å². The zero-order valence-electron chi connectivity index (χ0n) is 14.2. The Bertz CT molecular complexity index is 1130. The van der Waals surface area contributed by atoms with Gasteiger partial charge in [0.2, 0.25) is 11.3 Å². The zero-order chi connectivity index (χ0) is 18.4. The van der Waals surface area contributed by atoms with Crippen LogP contribution in [-0.4, -0.2) is 22.9 Å². The van der Waals surface area contributed by atoms with Crippen LogP contribution in [0.15, 0.2) is 53.5 Å². The highest BCUT2D eigenvalue weighted by molar-refractivity contribution is 5.97. The summed E-state index contributed by atoms with van der Waals surface area (Å²) in [4.78, 5) is 37.9. The number of anilines is 1. The predicted octanol–water partition coefficient (Wildman–Crippen LogP) is 2.00. The van der Waals surface area contributed by atoms with Crippen LogP contribution in [0, 0.1) is 0 Å². The molecule has 0 saturated heterocycles. The first-order valence-corrected chi connectivity index (χ1v) is 8.33. The monoisotopic (exact) mass is 347 g/mol. The number of fused-ring (bicyclic) bond motifs is 2. The van der Waals surface area contributed by atoms with Gasteiger partial charge in [0.1, 0.15) is 5.56 Å². The molecule has 2 N–H and O–H groups in total. The minimum atomic E-state index is -0.763. The summed E-state index contributed by atoms with van der Waals surface area (Å²) in [5.74, 6) is -0.774. The summed E-state index contributed by atoms with van der Waals surface area (Å²) in [5.41, 5.74) is 8.35. The average molecular weight is 347 g/mol. The number of nitrogens with two attached hydrogens (primary N) is 1. The molecule has 0 saturated carbocycles. The first-order chi connectivity index (χ1) is 12.5. The third-order valence-corrected chi connectivity index (χ3v) is 4.80. The van der Waals surface area contributed by atoms with Crippen LogP contribution >= 0.6 is 0 Å². The lowest BCUT2D eigenvalue weighted by molar-refractivity contribution is -0.116. The number of amides is 2. The Morgan fingerprint density at radius 3 is 2.62 bits per heavy atom. The number of hydrogen-bond donors (Lipinski definition) is 1. The highest BCUT2D eigenvalue weighted by Crippen LogP contribution is 2.31. The number of carbonyl (C=O) groups excluding carboxylic acids is 2. The molecule has 0 spiro atoms. The van der Waals surface area contributed by atoms with Crippen LogP contribution in [-0.2, 0) is 11.2 Å². The number of primary amides is 1. The maximum Gasteiger partial charge on any atom is 0.254 e. The summed E-state index contributed by atoms with van der Waals surface area (Å²) >= 11 is 0. The second-order valence-corrected chi connectivity index (χ2v) is 6.36. The summed E-state index contributed by atoms with van der Waals surface area (Å²) < 4.78 is 1.77. The molecule has 0 aliphatic carbocycles. The number of pyridine rings is 1. The standard InChI is InChI=1S/C20H17N3O3/c1-12(24)22-9-8-13-6-7-14(10-18(13)22)23-11-16(20(21)26)19(25)15-4-2-3-5-17(15)23/h2-7,10-11H,8-9H2,1H3,(H2,21,26). The van der Waals surface area contributed by atoms with Crippen LogP contribution in [0.4, 0.5) is 5.69 Å². The highest BCUT2D eigenvalue weighted by Gasteiger charge is 2.23. The van der Waals surface area contributed by atoms with Crippen molar-refractivity contribution in [2.75, 3.05) is 11.4 Å². The van der Waals surface area contributed by atoms with Crippen molar-refractivity contribution < 1.29 is 9.59 Å². The molecule has 0 bridgehead atoms. The summed E-state index contributed by atoms with van der Waals surface area (Å²) in [6.45, 7) is 2.20. The average Bonchev–Trinajstić information content (AvgIpc) is 3.05. The number of hydrogen-bond acceptors (Lipinski definition) is 3. The van der Waals surface area contributed by atoms with Crippen LogP contribution in [0.25, 0.3) is 16.6 Å². The van der Waals surface area contributed by atoms with Crippen LogP contribution < -0.4 is 16.1 Å². The molecular formula is C20H17N3O3. The third-order valence-electron chi connectivity index (χ3n) is 4.80. The SMILES string of the molecule is CC(=O)N1CCc2ccc(-n3cc(C(N)=O)c(=O)c4ccccc43)cc21. The summed E-state index contributed by atoms with van der Waals surface area (Å²) in [6.07, 6.45) is 2.29. The summed E-state index contributed by atoms with van der Waals surface area (Å²) in [7, 11) is 0. The number of benzene rings is 2. The zero-order valence-corrected chi connectivity index (χ0v) is 14.2. The number of para-hydroxylation sites is 1. The van der Waals surface area contributed by atoms with Gasteiger partial charge in [-0.3, -0.25) is 14.4 Å². The molecule has 6 nitrogen and oxygen atoms in total. The van der Waals surface area contributed by atoms with E-state index in [0.29, 0.717) is 17.4 Å². The van der Waals surface area contributed by atoms with E-state index >= 15 is 0 Å². The molecule has 2 heterocycles. The molecule has 4 rings (SSSR count). The number of carbonyl (C=O) groups is 2. The number of rotatable bonds is 2. The first-order valence-electron chi connectivity index (χ1n) is 8.33. The van der Waals surface area contributed by atoms with Crippen LogP contribution in [0.1, 0.15) is 22.8 Å². The molecule has 1 aliphatic heterocycles. The lowest BCUT2D eigenvalue weighted by atomic mass is 10.1. The van der Waals surface area contributed by atoms with Gasteiger partial charge in [-0.15, -0.1) is 0 Å². The van der Waals surface area contributed by atoms with Gasteiger partial charge in [-0.25, -0.2) is 0 Å². The fraction of sp³-hybridized carbons (Fsp3) is 0.150. The molecule has 2 amide bonds. The molecule has 3 aromatic rings. The molecule has 26 heavy (non-hydrogen) atoms. The molecule has 0 atom stereocenters. The molecule has 1 aromatic heterocycles. The van der Waals surface area contributed by atoms with E-state index in [1.807, 2.05) is 30.3 Å². The minimum absolute atomic E-state index is 0.0107. The van der Waals surface area contributed by atoms with Crippen molar-refractivity contribution >= 4 is 28.4 Å². The largest absolute Gasteiger partial charge is 0.365 e. The molecule has 130 valence electrons. The Balaban J connectivity index is 2.00. The van der Waals surface area contributed by atoms with E-state index in [9.17, 15) is 14.4 Å². The Hall–Kier alpha value is -3.41. The van der Waals surface area contributed by atoms with E-state index in [2.05, 4.69) is 0 Å². The van der Waals surface area contributed by atoms with Crippen molar-refractivity contribution in [2.45, 2.75) is 13.3 Å². The summed E-state index contributed by atoms with van der Waals surface area (Å²) in [5, 5.41) is 0.424. The van der Waals surface area contributed by atoms with Gasteiger partial charge in [0.15, 0.2) is 0 Å². The van der Waals surface area contributed by atoms with E-state index in [0.717, 1.165) is 23.4 Å². The van der Waals surface area contributed by atoms with Crippen molar-refractivity contribution in [1.82, 2.24) is 4.57 Å². The molecule has 2 aromatic carbocycles. The van der Waals surface area contributed by atoms with Crippen molar-refractivity contribution in [3.8, 4) is 5.69 Å². The van der Waals surface area contributed by atoms with Crippen molar-refractivity contribution in [3.05, 3.63) is 70.0 Å². The predicted molar refractivity (Wildman–Crippen MR) is 99.8 cm³/mol. The molecule has 0 radical (unpaired) electrons. The van der Waals surface area contributed by atoms with Crippen molar-refractivity contribution in [1.29, 1.82) is 0 Å². The Kier molecular flexibility index (Phi) is 3.61. The molecule has 1 aliphatic rings. The highest BCUT2D eigenvalue weighted by atomic mass is 16.2. The van der Waals surface area contributed by atoms with Crippen LogP contribution in [0.3, 0.4) is 0 Å². The minimum Gasteiger partial charge on any atom is -0.365 e. The number of nitrogens with zero attached hydrogens (tertiary/aromatic N) is 2. The Morgan fingerprint density at radius 1 is 1.12 bits per heavy atom. The van der Waals surface area contributed by atoms with Gasteiger partial charge < -0.3 is 15.2 Å². The van der Waals surface area contributed by atoms with Crippen molar-refractivity contribution in [2.24, 2.45) is 5.73 Å². The molecule has 6 heteroatoms. The van der Waals surface area contributed by atoms with Gasteiger partial charge in [0, 0.05) is 36.4 Å². The maximum absolute atomic E-state index is 12.5. The lowest BCUT2D eigenvalue weighted by Crippen LogP contribution is -2.26. The lowest BCUT2D eigenvalue weighted by Gasteiger charge is -2.18. The van der Waals surface area contributed by atoms with E-state index in [-0.39, 0.29) is 16.9 Å². The topological polar surface area (TPSA) is 85.4 Å². The van der Waals surface area contributed by atoms with Crippen LogP contribution in [0.5, 0.6) is 0 Å². The third kappa shape index (κ3) is 2.38. The fourth-order valence-electron chi connectivity index (χ4n) is 3.51. The van der Waals surface area contributed by atoms with Gasteiger partial charge in [-0.2, -0.15) is 0 Å². The second kappa shape index (κ2) is 5.84. The second-order valence-electron chi connectivity index (χ2n) is 6.36. The maximum atomic E-state index is 12.5. The number of aromatic nitrogens is 1. The van der Waals surface area contributed by atoms with E-state index in [1.54, 1.807) is 28.5 Å². The molecule has 0 unspecified atom stereocenters. The van der Waals surface area contributed by atoms with E-state index in [4.69, 9.17) is 5.73 Å². The Labute approximate surface area is 149 Å². The first kappa shape index (κ1) is 16.1. The summed E-state index contributed by atoms with van der Waals surface area (Å²) in [6, 6.07) is 12.9. The van der Waals surface area contributed by atoms with E-state index < -0.39 is 5.91 Å². The smallest absolute Gasteiger partial charge is 0.254 e. The van der Waals surface area contributed by atoms with E-state index in [1.165, 1.54) is 6.20 Å². The van der Waals surface area contributed by atoms with Gasteiger partial charge in [-0.05, 0) is 36.2 Å². The quantitative estimate of drug-likeness (QED) is 0.769. The van der Waals surface area contributed by atoms with Crippen molar-refractivity contribution in [3.63, 3.8) is 0 Å². The van der Waals surface area contributed by atoms with Gasteiger partial charge in [-0.1, -0.05) is 18.2 Å². The molecule has 0 fully saturated rings. The van der Waals surface area contributed by atoms with Gasteiger partial charge >= 0.3 is 0 Å². The van der Waals surface area contributed by atoms with Gasteiger partial charge in [0.05, 0.1) is 5.52 Å². The van der Waals surface area contributed by atoms with Gasteiger partial charge in [0.25, 0.3) is 5.91 Å². The normalized spacial score (nSPS) is 13.0. The Morgan fingerprint density at radius 2 is 1.88 bits per heavy atom. The fourth-order valence-corrected chi connectivity index (χ4v) is 3.51. The molecular weight excluding hydrogens is 330 g/mol.